The number of anilines is 1. The molecule has 0 heterocycles. The van der Waals surface area contributed by atoms with Crippen molar-refractivity contribution in [2.45, 2.75) is 26.3 Å². The van der Waals surface area contributed by atoms with E-state index in [1.54, 1.807) is 19.9 Å². The zero-order valence-electron chi connectivity index (χ0n) is 10.8. The van der Waals surface area contributed by atoms with Gasteiger partial charge in [0.2, 0.25) is 5.91 Å². The number of carbonyl (C=O) groups is 1. The van der Waals surface area contributed by atoms with Crippen molar-refractivity contribution in [1.29, 1.82) is 0 Å². The molecular weight excluding hydrogens is 341 g/mol. The van der Waals surface area contributed by atoms with Crippen molar-refractivity contribution >= 4 is 27.5 Å². The summed E-state index contributed by atoms with van der Waals surface area (Å²) in [5.41, 5.74) is 0.0874. The fourth-order valence-electron chi connectivity index (χ4n) is 1.40. The Bertz CT molecular complexity index is 478. The number of carbonyl (C=O) groups excluding carboxylic acids is 1. The SMILES string of the molecule is CC(C)NC(=O)CNc1ccc(Br)cc1OC(F)(F)F. The number of nitrogens with one attached hydrogen (secondary N) is 2. The van der Waals surface area contributed by atoms with Crippen LogP contribution in [-0.4, -0.2) is 24.9 Å². The summed E-state index contributed by atoms with van der Waals surface area (Å²) in [5, 5.41) is 5.23. The quantitative estimate of drug-likeness (QED) is 0.852. The highest BCUT2D eigenvalue weighted by Gasteiger charge is 2.32. The first-order valence-corrected chi connectivity index (χ1v) is 6.55. The average molecular weight is 355 g/mol. The number of ether oxygens (including phenoxy) is 1. The molecule has 0 aliphatic carbocycles. The van der Waals surface area contributed by atoms with E-state index in [1.165, 1.54) is 12.1 Å². The molecule has 1 aromatic rings. The summed E-state index contributed by atoms with van der Waals surface area (Å²) < 4.78 is 41.2. The van der Waals surface area contributed by atoms with Crippen molar-refractivity contribution in [3.8, 4) is 5.75 Å². The first-order chi connectivity index (χ1) is 9.17. The van der Waals surface area contributed by atoms with Crippen LogP contribution in [0.5, 0.6) is 5.75 Å². The van der Waals surface area contributed by atoms with Crippen molar-refractivity contribution < 1.29 is 22.7 Å². The molecule has 112 valence electrons. The Kier molecular flexibility index (Phi) is 5.67. The van der Waals surface area contributed by atoms with Crippen LogP contribution in [0.4, 0.5) is 18.9 Å². The van der Waals surface area contributed by atoms with Crippen LogP contribution in [0.15, 0.2) is 22.7 Å². The van der Waals surface area contributed by atoms with Crippen molar-refractivity contribution in [2.75, 3.05) is 11.9 Å². The number of benzene rings is 1. The van der Waals surface area contributed by atoms with E-state index in [4.69, 9.17) is 0 Å². The lowest BCUT2D eigenvalue weighted by Crippen LogP contribution is -2.35. The highest BCUT2D eigenvalue weighted by molar-refractivity contribution is 9.10. The molecule has 0 aromatic heterocycles. The Morgan fingerprint density at radius 1 is 1.40 bits per heavy atom. The number of hydrogen-bond donors (Lipinski definition) is 2. The Hall–Kier alpha value is -1.44. The Morgan fingerprint density at radius 3 is 2.60 bits per heavy atom. The van der Waals surface area contributed by atoms with Crippen LogP contribution in [0.25, 0.3) is 0 Å². The number of halogens is 4. The van der Waals surface area contributed by atoms with Crippen molar-refractivity contribution in [3.05, 3.63) is 22.7 Å². The number of hydrogen-bond acceptors (Lipinski definition) is 3. The van der Waals surface area contributed by atoms with Crippen LogP contribution in [-0.2, 0) is 4.79 Å². The highest BCUT2D eigenvalue weighted by atomic mass is 79.9. The van der Waals surface area contributed by atoms with Crippen LogP contribution in [0.3, 0.4) is 0 Å². The van der Waals surface area contributed by atoms with Gasteiger partial charge in [-0.1, -0.05) is 15.9 Å². The minimum absolute atomic E-state index is 0.0416. The number of alkyl halides is 3. The first-order valence-electron chi connectivity index (χ1n) is 5.76. The molecule has 1 rings (SSSR count). The molecule has 1 amide bonds. The third-order valence-corrected chi connectivity index (χ3v) is 2.55. The Labute approximate surface area is 122 Å². The van der Waals surface area contributed by atoms with E-state index in [0.717, 1.165) is 0 Å². The van der Waals surface area contributed by atoms with Crippen LogP contribution in [0.1, 0.15) is 13.8 Å². The van der Waals surface area contributed by atoms with Crippen molar-refractivity contribution in [3.63, 3.8) is 0 Å². The van der Waals surface area contributed by atoms with E-state index < -0.39 is 12.1 Å². The lowest BCUT2D eigenvalue weighted by molar-refractivity contribution is -0.274. The molecule has 0 aliphatic rings. The minimum atomic E-state index is -4.79. The Balaban J connectivity index is 2.76. The molecule has 4 nitrogen and oxygen atoms in total. The molecule has 0 radical (unpaired) electrons. The van der Waals surface area contributed by atoms with Gasteiger partial charge in [-0.2, -0.15) is 0 Å². The first kappa shape index (κ1) is 16.6. The lowest BCUT2D eigenvalue weighted by Gasteiger charge is -2.15. The van der Waals surface area contributed by atoms with Gasteiger partial charge in [0.1, 0.15) is 0 Å². The summed E-state index contributed by atoms with van der Waals surface area (Å²) >= 11 is 3.06. The molecule has 0 spiro atoms. The third-order valence-electron chi connectivity index (χ3n) is 2.06. The predicted octanol–water partition coefficient (Wildman–Crippen LogP) is 3.28. The van der Waals surface area contributed by atoms with E-state index in [1.807, 2.05) is 0 Å². The molecule has 0 fully saturated rings. The van der Waals surface area contributed by atoms with Gasteiger partial charge in [-0.25, -0.2) is 0 Å². The summed E-state index contributed by atoms with van der Waals surface area (Å²) in [7, 11) is 0. The summed E-state index contributed by atoms with van der Waals surface area (Å²) in [4.78, 5) is 11.4. The van der Waals surface area contributed by atoms with Gasteiger partial charge in [0.15, 0.2) is 5.75 Å². The second-order valence-corrected chi connectivity index (χ2v) is 5.18. The minimum Gasteiger partial charge on any atom is -0.404 e. The van der Waals surface area contributed by atoms with Crippen molar-refractivity contribution in [1.82, 2.24) is 5.32 Å². The van der Waals surface area contributed by atoms with Crippen LogP contribution in [0, 0.1) is 0 Å². The van der Waals surface area contributed by atoms with Crippen molar-refractivity contribution in [2.24, 2.45) is 0 Å². The zero-order chi connectivity index (χ0) is 15.3. The summed E-state index contributed by atoms with van der Waals surface area (Å²) in [6.07, 6.45) is -4.79. The molecule has 0 bridgehead atoms. The van der Waals surface area contributed by atoms with Crippen LogP contribution < -0.4 is 15.4 Å². The largest absolute Gasteiger partial charge is 0.573 e. The second-order valence-electron chi connectivity index (χ2n) is 4.26. The zero-order valence-corrected chi connectivity index (χ0v) is 12.4. The molecule has 1 aromatic carbocycles. The van der Waals surface area contributed by atoms with Gasteiger partial charge < -0.3 is 15.4 Å². The maximum atomic E-state index is 12.3. The van der Waals surface area contributed by atoms with E-state index in [-0.39, 0.29) is 24.2 Å². The molecule has 0 saturated carbocycles. The highest BCUT2D eigenvalue weighted by Crippen LogP contribution is 2.32. The average Bonchev–Trinajstić information content (AvgIpc) is 2.24. The van der Waals surface area contributed by atoms with E-state index >= 15 is 0 Å². The van der Waals surface area contributed by atoms with Crippen LogP contribution >= 0.6 is 15.9 Å². The maximum absolute atomic E-state index is 12.3. The second kappa shape index (κ2) is 6.83. The smallest absolute Gasteiger partial charge is 0.404 e. The third kappa shape index (κ3) is 6.14. The Morgan fingerprint density at radius 2 is 2.05 bits per heavy atom. The molecule has 0 aliphatic heterocycles. The van der Waals surface area contributed by atoms with Crippen LogP contribution in [0.2, 0.25) is 0 Å². The number of amides is 1. The molecule has 0 atom stereocenters. The lowest BCUT2D eigenvalue weighted by atomic mass is 10.3. The summed E-state index contributed by atoms with van der Waals surface area (Å²) in [6.45, 7) is 3.43. The van der Waals surface area contributed by atoms with Gasteiger partial charge in [-0.05, 0) is 32.0 Å². The van der Waals surface area contributed by atoms with E-state index in [2.05, 4.69) is 31.3 Å². The summed E-state index contributed by atoms with van der Waals surface area (Å²) in [5.74, 6) is -0.718. The molecular formula is C12H14BrF3N2O2. The fraction of sp³-hybridized carbons (Fsp3) is 0.417. The monoisotopic (exact) mass is 354 g/mol. The predicted molar refractivity (Wildman–Crippen MR) is 72.6 cm³/mol. The van der Waals surface area contributed by atoms with Gasteiger partial charge in [-0.15, -0.1) is 13.2 Å². The molecule has 8 heteroatoms. The van der Waals surface area contributed by atoms with E-state index in [9.17, 15) is 18.0 Å². The van der Waals surface area contributed by atoms with Gasteiger partial charge >= 0.3 is 6.36 Å². The van der Waals surface area contributed by atoms with Gasteiger partial charge in [0, 0.05) is 10.5 Å². The summed E-state index contributed by atoms with van der Waals surface area (Å²) in [6, 6.07) is 4.08. The standard InChI is InChI=1S/C12H14BrF3N2O2/c1-7(2)18-11(19)6-17-9-4-3-8(13)5-10(9)20-12(14,15)16/h3-5,7,17H,6H2,1-2H3,(H,18,19). The van der Waals surface area contributed by atoms with Gasteiger partial charge in [0.05, 0.1) is 12.2 Å². The molecule has 20 heavy (non-hydrogen) atoms. The molecule has 0 unspecified atom stereocenters. The normalized spacial score (nSPS) is 11.3. The fourth-order valence-corrected chi connectivity index (χ4v) is 1.74. The van der Waals surface area contributed by atoms with E-state index in [0.29, 0.717) is 4.47 Å². The number of rotatable bonds is 5. The topological polar surface area (TPSA) is 50.4 Å². The van der Waals surface area contributed by atoms with Gasteiger partial charge in [0.25, 0.3) is 0 Å². The maximum Gasteiger partial charge on any atom is 0.573 e. The van der Waals surface area contributed by atoms with Gasteiger partial charge in [-0.3, -0.25) is 4.79 Å². The molecule has 0 saturated heterocycles. The molecule has 2 N–H and O–H groups in total.